The van der Waals surface area contributed by atoms with Crippen LogP contribution >= 0.6 is 0 Å². The summed E-state index contributed by atoms with van der Waals surface area (Å²) in [6, 6.07) is 14.6. The van der Waals surface area contributed by atoms with E-state index in [0.717, 1.165) is 17.7 Å². The number of likely N-dealkylation sites (tertiary alicyclic amines) is 1. The van der Waals surface area contributed by atoms with E-state index in [1.807, 2.05) is 33.7 Å². The summed E-state index contributed by atoms with van der Waals surface area (Å²) >= 11 is 0. The summed E-state index contributed by atoms with van der Waals surface area (Å²) < 4.78 is 7.16. The molecule has 31 heavy (non-hydrogen) atoms. The van der Waals surface area contributed by atoms with Crippen LogP contribution in [-0.4, -0.2) is 34.4 Å². The predicted molar refractivity (Wildman–Crippen MR) is 116 cm³/mol. The minimum Gasteiger partial charge on any atom is -0.459 e. The third-order valence-electron chi connectivity index (χ3n) is 6.14. The van der Waals surface area contributed by atoms with Crippen molar-refractivity contribution in [1.82, 2.24) is 9.47 Å². The van der Waals surface area contributed by atoms with E-state index in [0.29, 0.717) is 36.6 Å². The lowest BCUT2D eigenvalue weighted by Gasteiger charge is -2.42. The van der Waals surface area contributed by atoms with Gasteiger partial charge in [-0.3, -0.25) is 14.4 Å². The van der Waals surface area contributed by atoms with Gasteiger partial charge in [0, 0.05) is 49.4 Å². The van der Waals surface area contributed by atoms with Crippen LogP contribution in [0.25, 0.3) is 11.1 Å². The molecule has 2 aliphatic heterocycles. The minimum atomic E-state index is -0.132. The fourth-order valence-electron chi connectivity index (χ4n) is 4.82. The first-order valence-electron chi connectivity index (χ1n) is 10.4. The standard InChI is InChI=1S/C24H23N3O4/c1-15(28)25-19-6-4-17(5-7-19)20-8-9-21-18-11-16(13-27(21)23(20)29)12-26(14-18)24(30)22-3-2-10-31-22/h2-10,16,18H,11-14H2,1H3,(H,25,28). The first kappa shape index (κ1) is 19.4. The molecule has 1 saturated heterocycles. The van der Waals surface area contributed by atoms with Crippen molar-refractivity contribution in [2.75, 3.05) is 18.4 Å². The number of anilines is 1. The molecule has 2 atom stereocenters. The molecule has 1 fully saturated rings. The first-order valence-corrected chi connectivity index (χ1v) is 10.4. The van der Waals surface area contributed by atoms with Gasteiger partial charge in [0.25, 0.3) is 11.5 Å². The van der Waals surface area contributed by atoms with E-state index in [1.54, 1.807) is 24.3 Å². The number of benzene rings is 1. The topological polar surface area (TPSA) is 84.5 Å². The molecule has 5 rings (SSSR count). The Morgan fingerprint density at radius 2 is 1.84 bits per heavy atom. The number of pyridine rings is 1. The van der Waals surface area contributed by atoms with Gasteiger partial charge >= 0.3 is 0 Å². The van der Waals surface area contributed by atoms with Crippen LogP contribution in [0, 0.1) is 5.92 Å². The van der Waals surface area contributed by atoms with Crippen molar-refractivity contribution in [3.8, 4) is 11.1 Å². The summed E-state index contributed by atoms with van der Waals surface area (Å²) in [6.45, 7) is 3.27. The molecule has 7 heteroatoms. The van der Waals surface area contributed by atoms with Crippen LogP contribution in [0.1, 0.15) is 35.5 Å². The van der Waals surface area contributed by atoms with Crippen LogP contribution < -0.4 is 10.9 Å². The molecule has 0 aliphatic carbocycles. The number of amides is 2. The molecule has 4 heterocycles. The molecular formula is C24H23N3O4. The fourth-order valence-corrected chi connectivity index (χ4v) is 4.82. The molecule has 2 aliphatic rings. The van der Waals surface area contributed by atoms with Crippen molar-refractivity contribution in [2.24, 2.45) is 5.92 Å². The fraction of sp³-hybridized carbons (Fsp3) is 0.292. The molecule has 158 valence electrons. The van der Waals surface area contributed by atoms with Gasteiger partial charge < -0.3 is 19.2 Å². The molecule has 2 amide bonds. The Kier molecular flexibility index (Phi) is 4.73. The van der Waals surface area contributed by atoms with Gasteiger partial charge in [0.05, 0.1) is 6.26 Å². The van der Waals surface area contributed by atoms with E-state index in [9.17, 15) is 14.4 Å². The zero-order chi connectivity index (χ0) is 21.5. The second-order valence-electron chi connectivity index (χ2n) is 8.33. The van der Waals surface area contributed by atoms with Crippen LogP contribution in [-0.2, 0) is 11.3 Å². The van der Waals surface area contributed by atoms with E-state index in [-0.39, 0.29) is 29.2 Å². The van der Waals surface area contributed by atoms with Crippen LogP contribution in [0.5, 0.6) is 0 Å². The molecule has 3 aromatic rings. The van der Waals surface area contributed by atoms with Crippen molar-refractivity contribution >= 4 is 17.5 Å². The van der Waals surface area contributed by atoms with Crippen LogP contribution in [0.15, 0.2) is 64.0 Å². The van der Waals surface area contributed by atoms with Crippen molar-refractivity contribution in [3.63, 3.8) is 0 Å². The van der Waals surface area contributed by atoms with Gasteiger partial charge in [-0.1, -0.05) is 12.1 Å². The van der Waals surface area contributed by atoms with E-state index in [1.165, 1.54) is 13.2 Å². The lowest BCUT2D eigenvalue weighted by molar-refractivity contribution is -0.114. The SMILES string of the molecule is CC(=O)Nc1ccc(-c2ccc3n(c2=O)CC2CC3CN(C(=O)c3ccco3)C2)cc1. The molecule has 2 unspecified atom stereocenters. The number of aromatic nitrogens is 1. The van der Waals surface area contributed by atoms with Gasteiger partial charge in [-0.25, -0.2) is 0 Å². The third kappa shape index (κ3) is 3.56. The number of carbonyl (C=O) groups is 2. The number of hydrogen-bond acceptors (Lipinski definition) is 4. The number of nitrogens with one attached hydrogen (secondary N) is 1. The largest absolute Gasteiger partial charge is 0.459 e. The minimum absolute atomic E-state index is 0.00899. The Morgan fingerprint density at radius 1 is 1.03 bits per heavy atom. The lowest BCUT2D eigenvalue weighted by atomic mass is 9.82. The molecule has 1 N–H and O–H groups in total. The molecule has 0 radical (unpaired) electrons. The average molecular weight is 417 g/mol. The lowest BCUT2D eigenvalue weighted by Crippen LogP contribution is -2.49. The highest BCUT2D eigenvalue weighted by Gasteiger charge is 2.37. The molecule has 1 aromatic carbocycles. The summed E-state index contributed by atoms with van der Waals surface area (Å²) in [6.07, 6.45) is 2.49. The summed E-state index contributed by atoms with van der Waals surface area (Å²) in [4.78, 5) is 39.1. The number of fused-ring (bicyclic) bond motifs is 4. The van der Waals surface area contributed by atoms with Gasteiger partial charge in [-0.05, 0) is 54.3 Å². The Balaban J connectivity index is 1.43. The average Bonchev–Trinajstić information content (AvgIpc) is 3.29. The van der Waals surface area contributed by atoms with E-state index >= 15 is 0 Å². The maximum absolute atomic E-state index is 13.3. The highest BCUT2D eigenvalue weighted by molar-refractivity contribution is 5.91. The second-order valence-corrected chi connectivity index (χ2v) is 8.33. The first-order chi connectivity index (χ1) is 15.0. The zero-order valence-electron chi connectivity index (χ0n) is 17.2. The number of carbonyl (C=O) groups excluding carboxylic acids is 2. The predicted octanol–water partition coefficient (Wildman–Crippen LogP) is 3.33. The number of hydrogen-bond donors (Lipinski definition) is 1. The van der Waals surface area contributed by atoms with Crippen molar-refractivity contribution in [2.45, 2.75) is 25.8 Å². The van der Waals surface area contributed by atoms with Crippen LogP contribution in [0.3, 0.4) is 0 Å². The summed E-state index contributed by atoms with van der Waals surface area (Å²) in [7, 11) is 0. The van der Waals surface area contributed by atoms with Gasteiger partial charge in [-0.15, -0.1) is 0 Å². The Morgan fingerprint density at radius 3 is 2.55 bits per heavy atom. The monoisotopic (exact) mass is 417 g/mol. The van der Waals surface area contributed by atoms with Gasteiger partial charge in [0.1, 0.15) is 0 Å². The number of nitrogens with zero attached hydrogens (tertiary/aromatic N) is 2. The molecule has 0 spiro atoms. The quantitative estimate of drug-likeness (QED) is 0.709. The van der Waals surface area contributed by atoms with Crippen LogP contribution in [0.2, 0.25) is 0 Å². The van der Waals surface area contributed by atoms with Gasteiger partial charge in [0.15, 0.2) is 5.76 Å². The Hall–Kier alpha value is -3.61. The zero-order valence-corrected chi connectivity index (χ0v) is 17.2. The highest BCUT2D eigenvalue weighted by atomic mass is 16.3. The number of furan rings is 1. The van der Waals surface area contributed by atoms with E-state index < -0.39 is 0 Å². The molecule has 2 bridgehead atoms. The summed E-state index contributed by atoms with van der Waals surface area (Å²) in [5.41, 5.74) is 3.13. The van der Waals surface area contributed by atoms with Crippen molar-refractivity contribution in [1.29, 1.82) is 0 Å². The Bertz CT molecular complexity index is 1190. The maximum Gasteiger partial charge on any atom is 0.289 e. The highest BCUT2D eigenvalue weighted by Crippen LogP contribution is 2.36. The normalized spacial score (nSPS) is 19.6. The Labute approximate surface area is 179 Å². The molecular weight excluding hydrogens is 394 g/mol. The summed E-state index contributed by atoms with van der Waals surface area (Å²) in [5.74, 6) is 0.505. The van der Waals surface area contributed by atoms with E-state index in [4.69, 9.17) is 4.42 Å². The maximum atomic E-state index is 13.3. The second kappa shape index (κ2) is 7.58. The molecule has 0 saturated carbocycles. The van der Waals surface area contributed by atoms with Crippen molar-refractivity contribution in [3.05, 3.63) is 76.6 Å². The molecule has 7 nitrogen and oxygen atoms in total. The third-order valence-corrected chi connectivity index (χ3v) is 6.14. The number of piperidine rings is 1. The van der Waals surface area contributed by atoms with Gasteiger partial charge in [0.2, 0.25) is 5.91 Å². The van der Waals surface area contributed by atoms with E-state index in [2.05, 4.69) is 5.32 Å². The summed E-state index contributed by atoms with van der Waals surface area (Å²) in [5, 5.41) is 2.74. The molecule has 2 aromatic heterocycles. The smallest absolute Gasteiger partial charge is 0.289 e. The van der Waals surface area contributed by atoms with Gasteiger partial charge in [-0.2, -0.15) is 0 Å². The number of rotatable bonds is 3. The van der Waals surface area contributed by atoms with Crippen molar-refractivity contribution < 1.29 is 14.0 Å². The van der Waals surface area contributed by atoms with Crippen LogP contribution in [0.4, 0.5) is 5.69 Å².